The van der Waals surface area contributed by atoms with E-state index in [0.717, 1.165) is 33.6 Å². The molecule has 5 rings (SSSR count). The van der Waals surface area contributed by atoms with Crippen molar-refractivity contribution < 1.29 is 39.9 Å². The number of nitrogens with two attached hydrogens (primary N) is 1. The average molecular weight is 661 g/mol. The molecule has 9 nitrogen and oxygen atoms in total. The van der Waals surface area contributed by atoms with E-state index in [4.69, 9.17) is 17.3 Å². The third kappa shape index (κ3) is 7.25. The fourth-order valence-electron chi connectivity index (χ4n) is 4.11. The summed E-state index contributed by atoms with van der Waals surface area (Å²) in [5.74, 6) is -2.11. The first-order chi connectivity index (χ1) is 20.9. The van der Waals surface area contributed by atoms with Gasteiger partial charge in [-0.2, -0.15) is 41.6 Å². The summed E-state index contributed by atoms with van der Waals surface area (Å²) in [5.41, 5.74) is 3.52. The second kappa shape index (κ2) is 12.2. The lowest BCUT2D eigenvalue weighted by Crippen LogP contribution is -2.16. The Morgan fingerprint density at radius 2 is 1.27 bits per heavy atom. The Morgan fingerprint density at radius 3 is 1.67 bits per heavy atom. The molecule has 45 heavy (non-hydrogen) atoms. The number of hydrogen-bond donors (Lipinski definition) is 2. The van der Waals surface area contributed by atoms with Gasteiger partial charge >= 0.3 is 12.4 Å². The van der Waals surface area contributed by atoms with Gasteiger partial charge in [0, 0.05) is 43.6 Å². The lowest BCUT2D eigenvalue weighted by Gasteiger charge is -2.09. The van der Waals surface area contributed by atoms with Crippen molar-refractivity contribution in [2.24, 2.45) is 21.1 Å². The van der Waals surface area contributed by atoms with E-state index < -0.39 is 41.3 Å². The second-order valence-corrected chi connectivity index (χ2v) is 9.83. The Balaban J connectivity index is 0.000000222. The summed E-state index contributed by atoms with van der Waals surface area (Å²) in [6.07, 6.45) is -7.90. The van der Waals surface area contributed by atoms with Gasteiger partial charge in [-0.05, 0) is 48.5 Å². The highest BCUT2D eigenvalue weighted by atomic mass is 35.5. The first kappa shape index (κ1) is 33.0. The van der Waals surface area contributed by atoms with Gasteiger partial charge in [0.1, 0.15) is 17.3 Å². The monoisotopic (exact) mass is 660 g/mol. The number of rotatable bonds is 4. The second-order valence-electron chi connectivity index (χ2n) is 9.43. The molecule has 0 atom stereocenters. The lowest BCUT2D eigenvalue weighted by atomic mass is 10.1. The van der Waals surface area contributed by atoms with E-state index in [9.17, 15) is 39.9 Å². The predicted molar refractivity (Wildman–Crippen MR) is 148 cm³/mol. The Morgan fingerprint density at radius 1 is 0.778 bits per heavy atom. The summed E-state index contributed by atoms with van der Waals surface area (Å²) in [7, 11) is 4.12. The van der Waals surface area contributed by atoms with E-state index in [0.29, 0.717) is 0 Å². The molecule has 3 N–H and O–H groups in total. The topological polar surface area (TPSA) is 109 Å². The molecule has 3 heterocycles. The predicted octanol–water partition coefficient (Wildman–Crippen LogP) is 6.71. The molecule has 238 valence electrons. The number of amides is 1. The third-order valence-electron chi connectivity index (χ3n) is 6.22. The van der Waals surface area contributed by atoms with Crippen LogP contribution < -0.4 is 11.1 Å². The van der Waals surface area contributed by atoms with Crippen LogP contribution in [0.2, 0.25) is 5.02 Å². The first-order valence-electron chi connectivity index (χ1n) is 12.4. The quantitative estimate of drug-likeness (QED) is 0.165. The van der Waals surface area contributed by atoms with Crippen molar-refractivity contribution in [2.45, 2.75) is 12.4 Å². The number of nitrogens with zero attached hydrogens (tertiary/aromatic N) is 6. The van der Waals surface area contributed by atoms with Crippen molar-refractivity contribution in [1.82, 2.24) is 29.3 Å². The summed E-state index contributed by atoms with van der Waals surface area (Å²) in [6.45, 7) is 0. The van der Waals surface area contributed by atoms with E-state index in [1.807, 2.05) is 0 Å². The van der Waals surface area contributed by atoms with E-state index in [1.165, 1.54) is 56.3 Å². The van der Waals surface area contributed by atoms with Crippen LogP contribution in [0.5, 0.6) is 0 Å². The van der Waals surface area contributed by atoms with Crippen molar-refractivity contribution in [2.75, 3.05) is 11.1 Å². The number of alkyl halides is 6. The number of aryl methyl sites for hydroxylation is 3. The molecule has 0 unspecified atom stereocenters. The number of nitrogens with one attached hydrogen (secondary N) is 1. The maximum absolute atomic E-state index is 14.5. The zero-order chi connectivity index (χ0) is 33.4. The van der Waals surface area contributed by atoms with Crippen LogP contribution in [-0.4, -0.2) is 35.2 Å². The number of hydrogen-bond acceptors (Lipinski definition) is 5. The Hall–Kier alpha value is -4.93. The summed E-state index contributed by atoms with van der Waals surface area (Å²) >= 11 is 5.88. The molecular weight excluding hydrogens is 640 g/mol. The van der Waals surface area contributed by atoms with Gasteiger partial charge in [0.2, 0.25) is 0 Å². The van der Waals surface area contributed by atoms with Gasteiger partial charge < -0.3 is 11.1 Å². The molecule has 3 aromatic heterocycles. The molecule has 0 bridgehead atoms. The first-order valence-corrected chi connectivity index (χ1v) is 12.8. The van der Waals surface area contributed by atoms with Gasteiger partial charge in [0.15, 0.2) is 11.4 Å². The van der Waals surface area contributed by atoms with E-state index in [2.05, 4.69) is 20.6 Å². The van der Waals surface area contributed by atoms with Gasteiger partial charge in [-0.15, -0.1) is 0 Å². The molecule has 0 radical (unpaired) electrons. The number of benzene rings is 2. The third-order valence-corrected chi connectivity index (χ3v) is 6.50. The lowest BCUT2D eigenvalue weighted by molar-refractivity contribution is -0.142. The van der Waals surface area contributed by atoms with Crippen LogP contribution >= 0.6 is 11.6 Å². The molecule has 0 saturated carbocycles. The van der Waals surface area contributed by atoms with Crippen molar-refractivity contribution in [3.8, 4) is 22.5 Å². The number of anilines is 2. The molecule has 5 aromatic rings. The smallest absolute Gasteiger partial charge is 0.399 e. The SMILES string of the molecule is Cn1nc(C(F)(F)F)cc1-c1ccc(N)cc1F.Cn1nc(C(F)(F)F)cc1-c1ccc(NC(=O)c2c(Cl)cnn2C)cc1F. The Kier molecular flexibility index (Phi) is 8.95. The normalized spacial score (nSPS) is 11.7. The van der Waals surface area contributed by atoms with Crippen LogP contribution in [0.15, 0.2) is 54.7 Å². The molecule has 1 amide bonds. The minimum Gasteiger partial charge on any atom is -0.399 e. The maximum Gasteiger partial charge on any atom is 0.435 e. The number of carbonyl (C=O) groups excluding carboxylic acids is 1. The van der Waals surface area contributed by atoms with Crippen molar-refractivity contribution in [3.05, 3.63) is 88.5 Å². The summed E-state index contributed by atoms with van der Waals surface area (Å²) in [4.78, 5) is 12.2. The molecule has 0 spiro atoms. The molecule has 0 saturated heterocycles. The van der Waals surface area contributed by atoms with E-state index >= 15 is 0 Å². The Bertz CT molecular complexity index is 1850. The molecule has 2 aromatic carbocycles. The summed E-state index contributed by atoms with van der Waals surface area (Å²) < 4.78 is 107. The van der Waals surface area contributed by atoms with E-state index in [-0.39, 0.29) is 44.6 Å². The zero-order valence-corrected chi connectivity index (χ0v) is 24.0. The average Bonchev–Trinajstić information content (AvgIpc) is 3.60. The highest BCUT2D eigenvalue weighted by Crippen LogP contribution is 2.34. The fourth-order valence-corrected chi connectivity index (χ4v) is 4.36. The van der Waals surface area contributed by atoms with Gasteiger partial charge in [-0.25, -0.2) is 8.78 Å². The van der Waals surface area contributed by atoms with Crippen LogP contribution in [0.1, 0.15) is 21.9 Å². The van der Waals surface area contributed by atoms with Crippen LogP contribution in [0, 0.1) is 11.6 Å². The minimum absolute atomic E-state index is 0.0229. The molecule has 18 heteroatoms. The van der Waals surface area contributed by atoms with Crippen molar-refractivity contribution >= 4 is 28.9 Å². The molecule has 0 aliphatic heterocycles. The minimum atomic E-state index is -4.64. The van der Waals surface area contributed by atoms with Crippen molar-refractivity contribution in [1.29, 1.82) is 0 Å². The van der Waals surface area contributed by atoms with Crippen LogP contribution in [0.25, 0.3) is 22.5 Å². The molecular formula is C27H21ClF8N8O. The standard InChI is InChI=1S/C16H12ClF4N5O.C11H9F4N3/c1-25-12(6-13(24-25)16(19,20)21)9-4-3-8(5-11(9)18)23-15(27)14-10(17)7-22-26(14)2;1-18-9(5-10(17-18)11(13,14)15)7-3-2-6(16)4-8(7)12/h3-7H,1-2H3,(H,23,27);2-5H,16H2,1H3. The fraction of sp³-hybridized carbons (Fsp3) is 0.185. The summed E-state index contributed by atoms with van der Waals surface area (Å²) in [5, 5.41) is 13.1. The summed E-state index contributed by atoms with van der Waals surface area (Å²) in [6, 6.07) is 8.96. The zero-order valence-electron chi connectivity index (χ0n) is 23.3. The molecule has 0 aliphatic carbocycles. The van der Waals surface area contributed by atoms with E-state index in [1.54, 1.807) is 0 Å². The molecule has 0 fully saturated rings. The van der Waals surface area contributed by atoms with Gasteiger partial charge in [-0.1, -0.05) is 11.6 Å². The van der Waals surface area contributed by atoms with Crippen LogP contribution in [0.4, 0.5) is 46.5 Å². The van der Waals surface area contributed by atoms with Gasteiger partial charge in [-0.3, -0.25) is 18.8 Å². The van der Waals surface area contributed by atoms with Crippen molar-refractivity contribution in [3.63, 3.8) is 0 Å². The van der Waals surface area contributed by atoms with Gasteiger partial charge in [0.05, 0.1) is 22.6 Å². The highest BCUT2D eigenvalue weighted by Gasteiger charge is 2.36. The maximum atomic E-state index is 14.5. The highest BCUT2D eigenvalue weighted by molar-refractivity contribution is 6.34. The van der Waals surface area contributed by atoms with Gasteiger partial charge in [0.25, 0.3) is 5.91 Å². The number of carbonyl (C=O) groups is 1. The van der Waals surface area contributed by atoms with Crippen LogP contribution in [-0.2, 0) is 33.5 Å². The number of nitrogen functional groups attached to an aromatic ring is 1. The number of halogens is 9. The molecule has 0 aliphatic rings. The largest absolute Gasteiger partial charge is 0.435 e. The van der Waals surface area contributed by atoms with Crippen LogP contribution in [0.3, 0.4) is 0 Å². The Labute approximate surface area is 253 Å². The number of aromatic nitrogens is 6.